The summed E-state index contributed by atoms with van der Waals surface area (Å²) >= 11 is 0. The second-order valence-electron chi connectivity index (χ2n) is 22.5. The lowest BCUT2D eigenvalue weighted by Crippen LogP contribution is -2.65. The van der Waals surface area contributed by atoms with Crippen LogP contribution >= 0.6 is 0 Å². The molecule has 1 amide bonds. The summed E-state index contributed by atoms with van der Waals surface area (Å²) in [5, 5.41) is 87.3. The first-order valence-corrected chi connectivity index (χ1v) is 31.6. The average Bonchev–Trinajstić information content (AvgIpc) is 3.42. The molecule has 0 saturated carbocycles. The van der Waals surface area contributed by atoms with Gasteiger partial charge in [0.25, 0.3) is 0 Å². The van der Waals surface area contributed by atoms with Crippen LogP contribution < -0.4 is 5.32 Å². The standard InChI is InChI=1S/C62H117NO13/c1-3-5-7-9-11-13-15-17-19-20-21-22-23-24-25-26-27-28-29-30-32-33-35-37-39-41-43-45-51(66)50(63-54(67)46-44-42-40-38-36-34-31-18-16-14-12-10-8-6-4-2)49-73-61-59(72)57(70)60(53(48-65)75-61)76-62-58(71)56(69)55(68)52(47-64)74-62/h12,14,18,31,50-53,55-62,64-66,68-72H,3-11,13,15-17,19-30,32-49H2,1-2H3,(H,63,67)/b14-12-,31-18-. The molecule has 0 bridgehead atoms. The van der Waals surface area contributed by atoms with Crippen molar-refractivity contribution in [1.82, 2.24) is 5.32 Å². The molecule has 0 aromatic heterocycles. The molecule has 2 aliphatic heterocycles. The number of aliphatic hydroxyl groups is 8. The monoisotopic (exact) mass is 1080 g/mol. The second-order valence-corrected chi connectivity index (χ2v) is 22.5. The molecule has 0 aliphatic carbocycles. The van der Waals surface area contributed by atoms with Crippen LogP contribution in [0.15, 0.2) is 24.3 Å². The van der Waals surface area contributed by atoms with Crippen molar-refractivity contribution in [2.24, 2.45) is 0 Å². The van der Waals surface area contributed by atoms with E-state index in [1.807, 2.05) is 0 Å². The van der Waals surface area contributed by atoms with Gasteiger partial charge in [0.2, 0.25) is 5.91 Å². The maximum atomic E-state index is 13.3. The van der Waals surface area contributed by atoms with E-state index in [9.17, 15) is 45.6 Å². The SMILES string of the molecule is CCCCC/C=C\C/C=C\CCCCCCCC(=O)NC(COC1OC(CO)C(OC2OC(CO)C(O)C(O)C2O)C(O)C1O)C(O)CCCCCCCCCCCCCCCCCCCCCCCCCCCCC. The van der Waals surface area contributed by atoms with Crippen molar-refractivity contribution in [3.05, 3.63) is 24.3 Å². The normalized spacial score (nSPS) is 25.0. The van der Waals surface area contributed by atoms with E-state index in [0.717, 1.165) is 70.6 Å². The highest BCUT2D eigenvalue weighted by Gasteiger charge is 2.51. The van der Waals surface area contributed by atoms with E-state index in [2.05, 4.69) is 43.5 Å². The van der Waals surface area contributed by atoms with Gasteiger partial charge in [-0.3, -0.25) is 4.79 Å². The predicted molar refractivity (Wildman–Crippen MR) is 305 cm³/mol. The summed E-state index contributed by atoms with van der Waals surface area (Å²) in [4.78, 5) is 13.3. The molecular weight excluding hydrogens is 967 g/mol. The molecule has 9 N–H and O–H groups in total. The number of hydrogen-bond acceptors (Lipinski definition) is 13. The summed E-state index contributed by atoms with van der Waals surface area (Å²) in [6.45, 7) is 2.85. The minimum absolute atomic E-state index is 0.218. The van der Waals surface area contributed by atoms with Crippen LogP contribution in [-0.4, -0.2) is 140 Å². The Hall–Kier alpha value is -1.53. The average molecular weight is 1080 g/mol. The third-order valence-electron chi connectivity index (χ3n) is 15.7. The molecule has 76 heavy (non-hydrogen) atoms. The lowest BCUT2D eigenvalue weighted by atomic mass is 9.97. The minimum Gasteiger partial charge on any atom is -0.394 e. The van der Waals surface area contributed by atoms with Crippen molar-refractivity contribution in [3.8, 4) is 0 Å². The highest BCUT2D eigenvalue weighted by Crippen LogP contribution is 2.30. The molecule has 448 valence electrons. The number of nitrogens with one attached hydrogen (secondary N) is 1. The molecule has 0 aromatic carbocycles. The smallest absolute Gasteiger partial charge is 0.220 e. The van der Waals surface area contributed by atoms with Gasteiger partial charge in [0.1, 0.15) is 48.8 Å². The highest BCUT2D eigenvalue weighted by molar-refractivity contribution is 5.76. The molecule has 12 atom stereocenters. The Morgan fingerprint density at radius 2 is 0.868 bits per heavy atom. The molecule has 2 fully saturated rings. The number of aliphatic hydroxyl groups excluding tert-OH is 8. The summed E-state index contributed by atoms with van der Waals surface area (Å²) in [7, 11) is 0. The molecule has 2 rings (SSSR count). The van der Waals surface area contributed by atoms with Crippen LogP contribution in [0.3, 0.4) is 0 Å². The van der Waals surface area contributed by atoms with E-state index in [1.54, 1.807) is 0 Å². The molecule has 2 heterocycles. The van der Waals surface area contributed by atoms with Crippen molar-refractivity contribution in [1.29, 1.82) is 0 Å². The Balaban J connectivity index is 1.69. The zero-order valence-corrected chi connectivity index (χ0v) is 48.3. The number of hydrogen-bond donors (Lipinski definition) is 9. The molecule has 0 spiro atoms. The van der Waals surface area contributed by atoms with Gasteiger partial charge in [0, 0.05) is 6.42 Å². The Labute approximate surface area is 462 Å². The van der Waals surface area contributed by atoms with Crippen LogP contribution in [0.2, 0.25) is 0 Å². The maximum absolute atomic E-state index is 13.3. The number of carbonyl (C=O) groups excluding carboxylic acids is 1. The van der Waals surface area contributed by atoms with E-state index >= 15 is 0 Å². The fraction of sp³-hybridized carbons (Fsp3) is 0.919. The van der Waals surface area contributed by atoms with Gasteiger partial charge in [0.15, 0.2) is 12.6 Å². The third kappa shape index (κ3) is 33.3. The van der Waals surface area contributed by atoms with Gasteiger partial charge in [-0.05, 0) is 44.9 Å². The lowest BCUT2D eigenvalue weighted by molar-refractivity contribution is -0.359. The third-order valence-corrected chi connectivity index (χ3v) is 15.7. The second kappa shape index (κ2) is 48.2. The van der Waals surface area contributed by atoms with Gasteiger partial charge in [-0.15, -0.1) is 0 Å². The summed E-state index contributed by atoms with van der Waals surface area (Å²) in [5.41, 5.74) is 0. The van der Waals surface area contributed by atoms with Crippen molar-refractivity contribution in [2.45, 2.75) is 344 Å². The number of rotatable bonds is 51. The van der Waals surface area contributed by atoms with Crippen LogP contribution in [0.25, 0.3) is 0 Å². The van der Waals surface area contributed by atoms with Gasteiger partial charge < -0.3 is 65.1 Å². The molecule has 0 radical (unpaired) electrons. The number of ether oxygens (including phenoxy) is 4. The molecule has 12 unspecified atom stereocenters. The Kier molecular flexibility index (Phi) is 44.8. The van der Waals surface area contributed by atoms with Crippen molar-refractivity contribution >= 4 is 5.91 Å². The van der Waals surface area contributed by atoms with Crippen LogP contribution in [0.4, 0.5) is 0 Å². The zero-order chi connectivity index (χ0) is 55.3. The van der Waals surface area contributed by atoms with Crippen molar-refractivity contribution in [3.63, 3.8) is 0 Å². The summed E-state index contributed by atoms with van der Waals surface area (Å²) < 4.78 is 22.8. The fourth-order valence-electron chi connectivity index (χ4n) is 10.6. The van der Waals surface area contributed by atoms with E-state index in [4.69, 9.17) is 18.9 Å². The van der Waals surface area contributed by atoms with Gasteiger partial charge in [-0.25, -0.2) is 0 Å². The zero-order valence-electron chi connectivity index (χ0n) is 48.3. The highest BCUT2D eigenvalue weighted by atomic mass is 16.7. The topological polar surface area (TPSA) is 228 Å². The van der Waals surface area contributed by atoms with E-state index < -0.39 is 86.8 Å². The van der Waals surface area contributed by atoms with E-state index in [-0.39, 0.29) is 18.9 Å². The summed E-state index contributed by atoms with van der Waals surface area (Å²) in [5.74, 6) is -0.218. The lowest BCUT2D eigenvalue weighted by Gasteiger charge is -2.46. The predicted octanol–water partition coefficient (Wildman–Crippen LogP) is 11.2. The molecule has 0 aromatic rings. The van der Waals surface area contributed by atoms with Gasteiger partial charge in [-0.1, -0.05) is 244 Å². The van der Waals surface area contributed by atoms with Gasteiger partial charge >= 0.3 is 0 Å². The van der Waals surface area contributed by atoms with Crippen LogP contribution in [0, 0.1) is 0 Å². The van der Waals surface area contributed by atoms with E-state index in [1.165, 1.54) is 167 Å². The Morgan fingerprint density at radius 3 is 1.34 bits per heavy atom. The molecule has 14 nitrogen and oxygen atoms in total. The van der Waals surface area contributed by atoms with E-state index in [0.29, 0.717) is 12.8 Å². The quantitative estimate of drug-likeness (QED) is 0.0204. The number of allylic oxidation sites excluding steroid dienone is 4. The molecule has 2 aliphatic rings. The van der Waals surface area contributed by atoms with Crippen LogP contribution in [0.1, 0.15) is 271 Å². The summed E-state index contributed by atoms with van der Waals surface area (Å²) in [6, 6.07) is -0.835. The van der Waals surface area contributed by atoms with Crippen LogP contribution in [-0.2, 0) is 23.7 Å². The first-order valence-electron chi connectivity index (χ1n) is 31.6. The maximum Gasteiger partial charge on any atom is 0.220 e. The fourth-order valence-corrected chi connectivity index (χ4v) is 10.6. The van der Waals surface area contributed by atoms with Crippen LogP contribution in [0.5, 0.6) is 0 Å². The van der Waals surface area contributed by atoms with Crippen molar-refractivity contribution in [2.75, 3.05) is 19.8 Å². The molecular formula is C62H117NO13. The Bertz CT molecular complexity index is 1370. The van der Waals surface area contributed by atoms with Gasteiger partial charge in [-0.2, -0.15) is 0 Å². The Morgan fingerprint density at radius 1 is 0.474 bits per heavy atom. The molecule has 2 saturated heterocycles. The number of unbranched alkanes of at least 4 members (excludes halogenated alkanes) is 34. The largest absolute Gasteiger partial charge is 0.394 e. The molecule has 14 heteroatoms. The number of carbonyl (C=O) groups is 1. The first kappa shape index (κ1) is 70.6. The first-order chi connectivity index (χ1) is 37.1. The number of amides is 1. The summed E-state index contributed by atoms with van der Waals surface area (Å²) in [6.07, 6.45) is 40.5. The van der Waals surface area contributed by atoms with Crippen molar-refractivity contribution < 1.29 is 64.6 Å². The minimum atomic E-state index is -1.78. The van der Waals surface area contributed by atoms with Gasteiger partial charge in [0.05, 0.1) is 32.0 Å².